The van der Waals surface area contributed by atoms with Gasteiger partial charge in [-0.15, -0.1) is 23.5 Å². The van der Waals surface area contributed by atoms with E-state index in [-0.39, 0.29) is 0 Å². The molecule has 15 heavy (non-hydrogen) atoms. The number of rotatable bonds is 4. The molecule has 2 aromatic carbocycles. The molecule has 0 amide bonds. The molecular weight excluding hydrogens is 220 g/mol. The van der Waals surface area contributed by atoms with E-state index in [4.69, 9.17) is 0 Å². The van der Waals surface area contributed by atoms with Gasteiger partial charge < -0.3 is 0 Å². The lowest BCUT2D eigenvalue weighted by molar-refractivity contribution is 1.46. The monoisotopic (exact) mass is 230 g/mol. The van der Waals surface area contributed by atoms with Crippen molar-refractivity contribution < 1.29 is 0 Å². The van der Waals surface area contributed by atoms with E-state index in [1.54, 1.807) is 23.5 Å². The van der Waals surface area contributed by atoms with Gasteiger partial charge in [-0.1, -0.05) is 36.4 Å². The van der Waals surface area contributed by atoms with Gasteiger partial charge in [-0.2, -0.15) is 0 Å². The molecule has 0 saturated carbocycles. The minimum atomic E-state index is 1.22. The van der Waals surface area contributed by atoms with Crippen molar-refractivity contribution in [2.45, 2.75) is 9.79 Å². The van der Waals surface area contributed by atoms with Gasteiger partial charge in [0.25, 0.3) is 0 Å². The van der Waals surface area contributed by atoms with E-state index < -0.39 is 0 Å². The Balaban J connectivity index is 1.81. The van der Waals surface area contributed by atoms with E-state index in [0.717, 1.165) is 0 Å². The molecule has 74 valence electrons. The van der Waals surface area contributed by atoms with Crippen molar-refractivity contribution >= 4 is 23.5 Å². The van der Waals surface area contributed by atoms with Crippen LogP contribution in [-0.4, -0.2) is 0 Å². The Morgan fingerprint density at radius 2 is 1.00 bits per heavy atom. The number of thioether (sulfide) groups is 2. The molecule has 0 aliphatic carbocycles. The molecule has 0 aromatic heterocycles. The number of hydrogen-bond donors (Lipinski definition) is 0. The van der Waals surface area contributed by atoms with Crippen molar-refractivity contribution in [1.29, 1.82) is 0 Å². The Hall–Kier alpha value is -0.860. The fourth-order valence-electron chi connectivity index (χ4n) is 1.09. The van der Waals surface area contributed by atoms with Gasteiger partial charge in [0, 0.05) is 9.79 Å². The predicted octanol–water partition coefficient (Wildman–Crippen LogP) is 4.57. The molecule has 0 fully saturated rings. The standard InChI is InChI=1S/C13H10S2/c1-3-7-12(8-4-1)14-11-15-13-9-5-2-6-10-13/h1-10H. The molecule has 0 spiro atoms. The van der Waals surface area contributed by atoms with E-state index in [1.165, 1.54) is 9.79 Å². The highest BCUT2D eigenvalue weighted by Gasteiger charge is 1.96. The average molecular weight is 230 g/mol. The van der Waals surface area contributed by atoms with E-state index in [1.807, 2.05) is 36.4 Å². The molecule has 0 bridgehead atoms. The van der Waals surface area contributed by atoms with Crippen molar-refractivity contribution in [1.82, 2.24) is 0 Å². The molecule has 0 unspecified atom stereocenters. The van der Waals surface area contributed by atoms with Gasteiger partial charge in [0.15, 0.2) is 0 Å². The highest BCUT2D eigenvalue weighted by molar-refractivity contribution is 8.19. The summed E-state index contributed by atoms with van der Waals surface area (Å²) < 4.78 is 0. The Labute approximate surface area is 99.1 Å². The summed E-state index contributed by atoms with van der Waals surface area (Å²) >= 11 is 3.26. The SMILES string of the molecule is [C](Sc1ccccc1)Sc1ccccc1. The summed E-state index contributed by atoms with van der Waals surface area (Å²) in [4.78, 5) is 2.45. The first-order valence-electron chi connectivity index (χ1n) is 4.64. The van der Waals surface area contributed by atoms with Crippen LogP contribution in [0.4, 0.5) is 0 Å². The molecule has 2 aromatic rings. The smallest absolute Gasteiger partial charge is 0.103 e. The van der Waals surface area contributed by atoms with Crippen LogP contribution in [-0.2, 0) is 0 Å². The van der Waals surface area contributed by atoms with Gasteiger partial charge >= 0.3 is 0 Å². The van der Waals surface area contributed by atoms with Crippen LogP contribution < -0.4 is 0 Å². The lowest BCUT2D eigenvalue weighted by Gasteiger charge is -1.99. The van der Waals surface area contributed by atoms with Crippen LogP contribution in [0.2, 0.25) is 0 Å². The summed E-state index contributed by atoms with van der Waals surface area (Å²) in [6.07, 6.45) is 0. The lowest BCUT2D eigenvalue weighted by Crippen LogP contribution is -1.69. The van der Waals surface area contributed by atoms with Crippen molar-refractivity contribution in [3.63, 3.8) is 0 Å². The highest BCUT2D eigenvalue weighted by atomic mass is 32.2. The Morgan fingerprint density at radius 3 is 1.40 bits per heavy atom. The summed E-state index contributed by atoms with van der Waals surface area (Å²) in [6, 6.07) is 20.5. The van der Waals surface area contributed by atoms with Gasteiger partial charge in [0.2, 0.25) is 0 Å². The zero-order valence-electron chi connectivity index (χ0n) is 8.09. The maximum Gasteiger partial charge on any atom is 0.124 e. The van der Waals surface area contributed by atoms with Gasteiger partial charge in [0.1, 0.15) is 5.08 Å². The maximum atomic E-state index is 3.25. The van der Waals surface area contributed by atoms with E-state index in [9.17, 15) is 0 Å². The molecule has 0 nitrogen and oxygen atoms in total. The van der Waals surface area contributed by atoms with E-state index in [0.29, 0.717) is 0 Å². The van der Waals surface area contributed by atoms with Gasteiger partial charge in [-0.05, 0) is 24.3 Å². The quantitative estimate of drug-likeness (QED) is 0.706. The second kappa shape index (κ2) is 5.89. The topological polar surface area (TPSA) is 0 Å². The van der Waals surface area contributed by atoms with E-state index >= 15 is 0 Å². The summed E-state index contributed by atoms with van der Waals surface area (Å²) in [6.45, 7) is 0. The fourth-order valence-corrected chi connectivity index (χ4v) is 2.62. The summed E-state index contributed by atoms with van der Waals surface area (Å²) in [7, 11) is 0. The van der Waals surface area contributed by atoms with Crippen LogP contribution >= 0.6 is 23.5 Å². The molecule has 0 atom stereocenters. The third kappa shape index (κ3) is 3.65. The minimum absolute atomic E-state index is 1.22. The molecule has 0 N–H and O–H groups in total. The van der Waals surface area contributed by atoms with Gasteiger partial charge in [-0.25, -0.2) is 0 Å². The zero-order valence-corrected chi connectivity index (χ0v) is 9.72. The van der Waals surface area contributed by atoms with Crippen LogP contribution in [0, 0.1) is 5.08 Å². The molecule has 0 saturated heterocycles. The fraction of sp³-hybridized carbons (Fsp3) is 0. The zero-order chi connectivity index (χ0) is 10.3. The van der Waals surface area contributed by atoms with Crippen LogP contribution in [0.5, 0.6) is 0 Å². The normalized spacial score (nSPS) is 10.1. The third-order valence-electron chi connectivity index (χ3n) is 1.81. The summed E-state index contributed by atoms with van der Waals surface area (Å²) in [5.41, 5.74) is 0. The second-order valence-electron chi connectivity index (χ2n) is 2.91. The summed E-state index contributed by atoms with van der Waals surface area (Å²) in [5, 5.41) is 3.25. The molecular formula is C13H10S2. The van der Waals surface area contributed by atoms with Gasteiger partial charge in [0.05, 0.1) is 0 Å². The van der Waals surface area contributed by atoms with Crippen molar-refractivity contribution in [2.75, 3.05) is 0 Å². The molecule has 2 rings (SSSR count). The number of hydrogen-bond acceptors (Lipinski definition) is 2. The lowest BCUT2D eigenvalue weighted by atomic mass is 10.4. The van der Waals surface area contributed by atoms with Crippen molar-refractivity contribution in [2.24, 2.45) is 0 Å². The molecule has 0 aliphatic rings. The Morgan fingerprint density at radius 1 is 0.600 bits per heavy atom. The first-order chi connectivity index (χ1) is 7.45. The van der Waals surface area contributed by atoms with Crippen LogP contribution in [0.3, 0.4) is 0 Å². The highest BCUT2D eigenvalue weighted by Crippen LogP contribution is 2.31. The molecule has 0 heterocycles. The van der Waals surface area contributed by atoms with Crippen molar-refractivity contribution in [3.05, 3.63) is 65.7 Å². The number of benzene rings is 2. The first-order valence-corrected chi connectivity index (χ1v) is 6.27. The molecule has 2 heteroatoms. The molecule has 2 radical (unpaired) electrons. The Kier molecular flexibility index (Phi) is 4.18. The third-order valence-corrected chi connectivity index (χ3v) is 3.49. The molecule has 0 aliphatic heterocycles. The van der Waals surface area contributed by atoms with Crippen molar-refractivity contribution in [3.8, 4) is 0 Å². The summed E-state index contributed by atoms with van der Waals surface area (Å²) in [5.74, 6) is 0. The van der Waals surface area contributed by atoms with Gasteiger partial charge in [-0.3, -0.25) is 0 Å². The van der Waals surface area contributed by atoms with Crippen LogP contribution in [0.1, 0.15) is 0 Å². The Bertz CT molecular complexity index is 344. The second-order valence-corrected chi connectivity index (χ2v) is 4.93. The first kappa shape index (κ1) is 10.7. The largest absolute Gasteiger partial charge is 0.124 e. The average Bonchev–Trinajstić information content (AvgIpc) is 2.32. The van der Waals surface area contributed by atoms with E-state index in [2.05, 4.69) is 29.4 Å². The maximum absolute atomic E-state index is 3.25. The van der Waals surface area contributed by atoms with Crippen LogP contribution in [0.15, 0.2) is 70.5 Å². The minimum Gasteiger partial charge on any atom is -0.103 e. The predicted molar refractivity (Wildman–Crippen MR) is 67.8 cm³/mol. The van der Waals surface area contributed by atoms with Crippen LogP contribution in [0.25, 0.3) is 0 Å².